The smallest absolute Gasteiger partial charge is 0.416 e. The maximum Gasteiger partial charge on any atom is 0.416 e. The first kappa shape index (κ1) is 30.9. The highest BCUT2D eigenvalue weighted by molar-refractivity contribution is 5.78. The number of amides is 1. The molecule has 1 aliphatic heterocycles. The summed E-state index contributed by atoms with van der Waals surface area (Å²) in [7, 11) is 1.55. The van der Waals surface area contributed by atoms with Gasteiger partial charge in [-0.3, -0.25) is 14.6 Å². The average Bonchev–Trinajstić information content (AvgIpc) is 3.41. The Morgan fingerprint density at radius 3 is 1.98 bits per heavy atom. The van der Waals surface area contributed by atoms with Crippen LogP contribution in [0, 0.1) is 0 Å². The minimum absolute atomic E-state index is 0.0586. The van der Waals surface area contributed by atoms with E-state index in [1.54, 1.807) is 7.11 Å². The molecule has 11 heteroatoms. The molecule has 1 aliphatic carbocycles. The summed E-state index contributed by atoms with van der Waals surface area (Å²) in [6.07, 6.45) is -8.57. The van der Waals surface area contributed by atoms with Crippen molar-refractivity contribution in [2.24, 2.45) is 0 Å². The minimum Gasteiger partial charge on any atom is -0.496 e. The Hall–Kier alpha value is -3.57. The summed E-state index contributed by atoms with van der Waals surface area (Å²) in [6.45, 7) is 3.19. The number of ether oxygens (including phenoxy) is 1. The lowest BCUT2D eigenvalue weighted by Gasteiger charge is -2.42. The number of alkyl halides is 6. The lowest BCUT2D eigenvalue weighted by Crippen LogP contribution is -2.53. The molecule has 3 aromatic carbocycles. The molecule has 230 valence electrons. The molecule has 0 saturated carbocycles. The van der Waals surface area contributed by atoms with E-state index in [1.165, 1.54) is 11.1 Å². The second kappa shape index (κ2) is 12.6. The van der Waals surface area contributed by atoms with E-state index in [0.29, 0.717) is 37.0 Å². The number of rotatable bonds is 8. The van der Waals surface area contributed by atoms with Crippen molar-refractivity contribution in [1.29, 1.82) is 0 Å². The second-order valence-electron chi connectivity index (χ2n) is 11.1. The van der Waals surface area contributed by atoms with Crippen molar-refractivity contribution in [1.82, 2.24) is 15.1 Å². The number of hydrogen-bond acceptors (Lipinski definition) is 4. The van der Waals surface area contributed by atoms with E-state index >= 15 is 0 Å². The van der Waals surface area contributed by atoms with Crippen LogP contribution in [0.2, 0.25) is 0 Å². The number of fused-ring (bicyclic) bond motifs is 1. The molecule has 5 nitrogen and oxygen atoms in total. The maximum absolute atomic E-state index is 13.3. The Morgan fingerprint density at radius 2 is 1.42 bits per heavy atom. The molecule has 5 rings (SSSR count). The maximum atomic E-state index is 13.3. The highest BCUT2D eigenvalue weighted by atomic mass is 19.4. The SMILES string of the molecule is COc1ccccc1C(CNC(=O)Cc1cc(C(F)(F)F)cc(C(F)(F)F)c1)N1CCN(C2Cc3ccccc3C2)CC1. The van der Waals surface area contributed by atoms with Crippen LogP contribution in [0.1, 0.15) is 39.4 Å². The lowest BCUT2D eigenvalue weighted by molar-refractivity contribution is -0.143. The monoisotopic (exact) mass is 605 g/mol. The Kier molecular flexibility index (Phi) is 9.03. The molecule has 0 radical (unpaired) electrons. The fourth-order valence-corrected chi connectivity index (χ4v) is 6.17. The van der Waals surface area contributed by atoms with E-state index in [2.05, 4.69) is 39.4 Å². The third-order valence-electron chi connectivity index (χ3n) is 8.34. The van der Waals surface area contributed by atoms with Crippen molar-refractivity contribution in [2.75, 3.05) is 39.8 Å². The normalized spacial score (nSPS) is 17.5. The molecule has 1 N–H and O–H groups in total. The van der Waals surface area contributed by atoms with Gasteiger partial charge in [0.2, 0.25) is 5.91 Å². The number of methoxy groups -OCH3 is 1. The number of halogens is 6. The van der Waals surface area contributed by atoms with Crippen molar-refractivity contribution in [3.63, 3.8) is 0 Å². The molecule has 43 heavy (non-hydrogen) atoms. The van der Waals surface area contributed by atoms with Gasteiger partial charge in [-0.05, 0) is 53.8 Å². The fraction of sp³-hybridized carbons (Fsp3) is 0.406. The van der Waals surface area contributed by atoms with Crippen LogP contribution in [0.4, 0.5) is 26.3 Å². The highest BCUT2D eigenvalue weighted by Crippen LogP contribution is 2.37. The van der Waals surface area contributed by atoms with Crippen LogP contribution in [0.3, 0.4) is 0 Å². The number of carbonyl (C=O) groups excluding carboxylic acids is 1. The summed E-state index contributed by atoms with van der Waals surface area (Å²) in [5.74, 6) is -0.0437. The Labute approximate surface area is 246 Å². The Morgan fingerprint density at radius 1 is 0.860 bits per heavy atom. The summed E-state index contributed by atoms with van der Waals surface area (Å²) in [4.78, 5) is 17.6. The van der Waals surface area contributed by atoms with Crippen LogP contribution in [-0.4, -0.2) is 61.6 Å². The molecule has 1 amide bonds. The molecule has 1 fully saturated rings. The van der Waals surface area contributed by atoms with Gasteiger partial charge in [-0.15, -0.1) is 0 Å². The van der Waals surface area contributed by atoms with Crippen LogP contribution in [0.5, 0.6) is 5.75 Å². The standard InChI is InChI=1S/C32H33F6N3O2/c1-43-29-9-5-4-8-27(29)28(41-12-10-40(11-13-41)26-17-22-6-2-3-7-23(22)18-26)20-39-30(42)16-21-14-24(31(33,34)35)19-25(15-21)32(36,37)38/h2-9,14-15,19,26,28H,10-13,16-18,20H2,1H3,(H,39,42). The number of nitrogens with one attached hydrogen (secondary N) is 1. The summed E-state index contributed by atoms with van der Waals surface area (Å²) in [5, 5.41) is 2.76. The van der Waals surface area contributed by atoms with Gasteiger partial charge >= 0.3 is 12.4 Å². The first-order valence-electron chi connectivity index (χ1n) is 14.1. The third-order valence-corrected chi connectivity index (χ3v) is 8.34. The molecule has 1 atom stereocenters. The van der Waals surface area contributed by atoms with Gasteiger partial charge in [0.05, 0.1) is 30.7 Å². The van der Waals surface area contributed by atoms with Crippen LogP contribution in [-0.2, 0) is 36.4 Å². The van der Waals surface area contributed by atoms with Crippen molar-refractivity contribution >= 4 is 5.91 Å². The van der Waals surface area contributed by atoms with Gasteiger partial charge in [-0.2, -0.15) is 26.3 Å². The number of carbonyl (C=O) groups is 1. The molecule has 2 aliphatic rings. The quantitative estimate of drug-likeness (QED) is 0.324. The topological polar surface area (TPSA) is 44.8 Å². The van der Waals surface area contributed by atoms with E-state index in [9.17, 15) is 31.1 Å². The number of piperazine rings is 1. The Bertz CT molecular complexity index is 1380. The average molecular weight is 606 g/mol. The predicted molar refractivity (Wildman–Crippen MR) is 150 cm³/mol. The van der Waals surface area contributed by atoms with Crippen LogP contribution in [0.25, 0.3) is 0 Å². The van der Waals surface area contributed by atoms with Gasteiger partial charge in [-0.1, -0.05) is 42.5 Å². The molecular weight excluding hydrogens is 572 g/mol. The summed E-state index contributed by atoms with van der Waals surface area (Å²) in [6, 6.07) is 17.2. The van der Waals surface area contributed by atoms with Gasteiger partial charge in [0.15, 0.2) is 0 Å². The zero-order valence-electron chi connectivity index (χ0n) is 23.6. The summed E-state index contributed by atoms with van der Waals surface area (Å²) >= 11 is 0. The number of benzene rings is 3. The molecule has 3 aromatic rings. The first-order valence-corrected chi connectivity index (χ1v) is 14.1. The van der Waals surface area contributed by atoms with Gasteiger partial charge in [-0.25, -0.2) is 0 Å². The summed E-state index contributed by atoms with van der Waals surface area (Å²) in [5.41, 5.74) is 0.353. The largest absolute Gasteiger partial charge is 0.496 e. The van der Waals surface area contributed by atoms with Crippen LogP contribution < -0.4 is 10.1 Å². The molecule has 1 saturated heterocycles. The molecule has 0 bridgehead atoms. The first-order chi connectivity index (χ1) is 20.4. The van der Waals surface area contributed by atoms with Crippen LogP contribution in [0.15, 0.2) is 66.7 Å². The zero-order chi connectivity index (χ0) is 30.8. The Balaban J connectivity index is 1.28. The van der Waals surface area contributed by atoms with Gasteiger partial charge in [0.25, 0.3) is 0 Å². The molecular formula is C32H33F6N3O2. The van der Waals surface area contributed by atoms with E-state index in [0.717, 1.165) is 31.5 Å². The van der Waals surface area contributed by atoms with Crippen LogP contribution >= 0.6 is 0 Å². The molecule has 1 unspecified atom stereocenters. The zero-order valence-corrected chi connectivity index (χ0v) is 23.6. The van der Waals surface area contributed by atoms with E-state index in [-0.39, 0.29) is 24.2 Å². The van der Waals surface area contributed by atoms with Crippen molar-refractivity contribution in [2.45, 2.75) is 43.7 Å². The highest BCUT2D eigenvalue weighted by Gasteiger charge is 2.37. The van der Waals surface area contributed by atoms with Crippen molar-refractivity contribution in [3.05, 3.63) is 100 Å². The molecule has 1 heterocycles. The second-order valence-corrected chi connectivity index (χ2v) is 11.1. The lowest BCUT2D eigenvalue weighted by atomic mass is 10.0. The van der Waals surface area contributed by atoms with Gasteiger partial charge in [0.1, 0.15) is 5.75 Å². The molecule has 0 aromatic heterocycles. The van der Waals surface area contributed by atoms with E-state index in [4.69, 9.17) is 4.74 Å². The number of para-hydroxylation sites is 1. The van der Waals surface area contributed by atoms with E-state index in [1.807, 2.05) is 24.3 Å². The van der Waals surface area contributed by atoms with E-state index < -0.39 is 35.8 Å². The van der Waals surface area contributed by atoms with Crippen molar-refractivity contribution < 1.29 is 35.9 Å². The van der Waals surface area contributed by atoms with Gasteiger partial charge < -0.3 is 10.1 Å². The number of nitrogens with zero attached hydrogens (tertiary/aromatic N) is 2. The number of hydrogen-bond donors (Lipinski definition) is 1. The fourth-order valence-electron chi connectivity index (χ4n) is 6.17. The third kappa shape index (κ3) is 7.33. The summed E-state index contributed by atoms with van der Waals surface area (Å²) < 4.78 is 85.4. The molecule has 0 spiro atoms. The van der Waals surface area contributed by atoms with Crippen molar-refractivity contribution in [3.8, 4) is 5.75 Å². The minimum atomic E-state index is -4.98. The van der Waals surface area contributed by atoms with Gasteiger partial charge in [0, 0.05) is 44.3 Å². The predicted octanol–water partition coefficient (Wildman–Crippen LogP) is 5.92.